The first kappa shape index (κ1) is 23.0. The summed E-state index contributed by atoms with van der Waals surface area (Å²) in [5.41, 5.74) is 11.9. The van der Waals surface area contributed by atoms with Gasteiger partial charge in [-0.2, -0.15) is 5.10 Å². The number of pyridine rings is 1. The Kier molecular flexibility index (Phi) is 5.75. The third kappa shape index (κ3) is 4.27. The Balaban J connectivity index is 1.42. The SMILES string of the molecule is Cc1ccc(OCc2nn(C3CCC3)c3ccc(-c4cccc5c(N)nccc45)cc23)c(CC(=O)O)c1. The summed E-state index contributed by atoms with van der Waals surface area (Å²) in [7, 11) is 0. The number of nitrogens with zero attached hydrogens (tertiary/aromatic N) is 3. The van der Waals surface area contributed by atoms with E-state index >= 15 is 0 Å². The molecule has 1 fully saturated rings. The average molecular weight is 493 g/mol. The zero-order valence-corrected chi connectivity index (χ0v) is 20.6. The van der Waals surface area contributed by atoms with Crippen molar-refractivity contribution < 1.29 is 14.6 Å². The van der Waals surface area contributed by atoms with Crippen LogP contribution in [0.5, 0.6) is 5.75 Å². The van der Waals surface area contributed by atoms with Crippen LogP contribution in [0.3, 0.4) is 0 Å². The maximum Gasteiger partial charge on any atom is 0.307 e. The number of anilines is 1. The number of fused-ring (bicyclic) bond motifs is 2. The van der Waals surface area contributed by atoms with Gasteiger partial charge in [0.15, 0.2) is 0 Å². The summed E-state index contributed by atoms with van der Waals surface area (Å²) in [6, 6.07) is 20.6. The van der Waals surface area contributed by atoms with Crippen molar-refractivity contribution in [1.29, 1.82) is 0 Å². The molecular weight excluding hydrogens is 464 g/mol. The highest BCUT2D eigenvalue weighted by Crippen LogP contribution is 2.37. The molecule has 0 saturated heterocycles. The molecule has 7 nitrogen and oxygen atoms in total. The van der Waals surface area contributed by atoms with E-state index < -0.39 is 5.97 Å². The maximum absolute atomic E-state index is 11.4. The lowest BCUT2D eigenvalue weighted by Crippen LogP contribution is -2.18. The van der Waals surface area contributed by atoms with E-state index in [0.717, 1.165) is 56.9 Å². The second kappa shape index (κ2) is 9.24. The number of aliphatic carboxylic acids is 1. The molecule has 1 saturated carbocycles. The van der Waals surface area contributed by atoms with Crippen LogP contribution < -0.4 is 10.5 Å². The van der Waals surface area contributed by atoms with E-state index in [-0.39, 0.29) is 13.0 Å². The van der Waals surface area contributed by atoms with Gasteiger partial charge in [0.25, 0.3) is 0 Å². The molecule has 1 aliphatic rings. The molecule has 5 aromatic rings. The molecule has 37 heavy (non-hydrogen) atoms. The molecule has 6 rings (SSSR count). The average Bonchev–Trinajstić information content (AvgIpc) is 3.19. The Labute approximate surface area is 214 Å². The summed E-state index contributed by atoms with van der Waals surface area (Å²) in [6.07, 6.45) is 5.11. The maximum atomic E-state index is 11.4. The van der Waals surface area contributed by atoms with Crippen LogP contribution in [0.4, 0.5) is 5.82 Å². The van der Waals surface area contributed by atoms with Crippen LogP contribution in [0.25, 0.3) is 32.8 Å². The van der Waals surface area contributed by atoms with Gasteiger partial charge in [-0.1, -0.05) is 42.0 Å². The molecule has 2 aromatic heterocycles. The van der Waals surface area contributed by atoms with E-state index in [1.807, 2.05) is 43.3 Å². The van der Waals surface area contributed by atoms with Crippen molar-refractivity contribution in [3.05, 3.63) is 83.7 Å². The summed E-state index contributed by atoms with van der Waals surface area (Å²) in [5, 5.41) is 17.4. The van der Waals surface area contributed by atoms with Crippen molar-refractivity contribution in [2.45, 2.75) is 45.3 Å². The van der Waals surface area contributed by atoms with E-state index in [4.69, 9.17) is 15.6 Å². The van der Waals surface area contributed by atoms with Gasteiger partial charge in [0, 0.05) is 22.5 Å². The van der Waals surface area contributed by atoms with Crippen LogP contribution in [-0.4, -0.2) is 25.8 Å². The number of ether oxygens (including phenoxy) is 1. The molecule has 1 aliphatic carbocycles. The second-order valence-electron chi connectivity index (χ2n) is 9.78. The number of nitrogens with two attached hydrogens (primary N) is 1. The topological polar surface area (TPSA) is 103 Å². The summed E-state index contributed by atoms with van der Waals surface area (Å²) >= 11 is 0. The minimum absolute atomic E-state index is 0.0858. The molecule has 0 aliphatic heterocycles. The molecule has 186 valence electrons. The van der Waals surface area contributed by atoms with Gasteiger partial charge in [0.05, 0.1) is 18.0 Å². The molecule has 3 aromatic carbocycles. The van der Waals surface area contributed by atoms with Gasteiger partial charge in [0.1, 0.15) is 23.9 Å². The van der Waals surface area contributed by atoms with Crippen molar-refractivity contribution in [3.63, 3.8) is 0 Å². The number of nitrogen functional groups attached to an aromatic ring is 1. The highest BCUT2D eigenvalue weighted by molar-refractivity contribution is 6.02. The van der Waals surface area contributed by atoms with Crippen LogP contribution in [-0.2, 0) is 17.8 Å². The molecule has 0 spiro atoms. The number of aromatic nitrogens is 3. The van der Waals surface area contributed by atoms with Gasteiger partial charge in [-0.15, -0.1) is 0 Å². The van der Waals surface area contributed by atoms with Crippen LogP contribution in [0, 0.1) is 6.92 Å². The van der Waals surface area contributed by atoms with Gasteiger partial charge >= 0.3 is 5.97 Å². The van der Waals surface area contributed by atoms with E-state index in [1.54, 1.807) is 6.20 Å². The minimum Gasteiger partial charge on any atom is -0.487 e. The molecular formula is C30H28N4O3. The van der Waals surface area contributed by atoms with Crippen LogP contribution in [0.15, 0.2) is 66.9 Å². The lowest BCUT2D eigenvalue weighted by Gasteiger charge is -2.26. The van der Waals surface area contributed by atoms with E-state index in [9.17, 15) is 9.90 Å². The molecule has 7 heteroatoms. The number of hydrogen-bond acceptors (Lipinski definition) is 5. The van der Waals surface area contributed by atoms with Crippen molar-refractivity contribution in [2.24, 2.45) is 0 Å². The van der Waals surface area contributed by atoms with Crippen LogP contribution >= 0.6 is 0 Å². The van der Waals surface area contributed by atoms with Gasteiger partial charge in [0.2, 0.25) is 0 Å². The fraction of sp³-hybridized carbons (Fsp3) is 0.233. The van der Waals surface area contributed by atoms with Crippen LogP contribution in [0.2, 0.25) is 0 Å². The molecule has 0 atom stereocenters. The summed E-state index contributed by atoms with van der Waals surface area (Å²) in [4.78, 5) is 15.6. The minimum atomic E-state index is -0.884. The number of carboxylic acids is 1. The van der Waals surface area contributed by atoms with E-state index in [2.05, 4.69) is 33.9 Å². The highest BCUT2D eigenvalue weighted by atomic mass is 16.5. The Morgan fingerprint density at radius 2 is 1.95 bits per heavy atom. The van der Waals surface area contributed by atoms with Gasteiger partial charge in [-0.25, -0.2) is 4.98 Å². The summed E-state index contributed by atoms with van der Waals surface area (Å²) in [6.45, 7) is 2.20. The first-order valence-electron chi connectivity index (χ1n) is 12.6. The summed E-state index contributed by atoms with van der Waals surface area (Å²) in [5.74, 6) is 0.209. The van der Waals surface area contributed by atoms with Gasteiger partial charge < -0.3 is 15.6 Å². The Morgan fingerprint density at radius 3 is 2.73 bits per heavy atom. The highest BCUT2D eigenvalue weighted by Gasteiger charge is 2.24. The van der Waals surface area contributed by atoms with Gasteiger partial charge in [-0.05, 0) is 67.0 Å². The molecule has 0 unspecified atom stereocenters. The third-order valence-electron chi connectivity index (χ3n) is 7.27. The van der Waals surface area contributed by atoms with Crippen molar-refractivity contribution in [2.75, 3.05) is 5.73 Å². The largest absolute Gasteiger partial charge is 0.487 e. The molecule has 0 amide bonds. The first-order chi connectivity index (χ1) is 18.0. The molecule has 0 radical (unpaired) electrons. The Morgan fingerprint density at radius 1 is 1.08 bits per heavy atom. The van der Waals surface area contributed by atoms with Crippen molar-refractivity contribution in [1.82, 2.24) is 14.8 Å². The smallest absolute Gasteiger partial charge is 0.307 e. The fourth-order valence-corrected chi connectivity index (χ4v) is 5.17. The van der Waals surface area contributed by atoms with Crippen LogP contribution in [0.1, 0.15) is 42.1 Å². The molecule has 3 N–H and O–H groups in total. The first-order valence-corrected chi connectivity index (χ1v) is 12.6. The number of hydrogen-bond donors (Lipinski definition) is 2. The quantitative estimate of drug-likeness (QED) is 0.286. The normalized spacial score (nSPS) is 13.6. The summed E-state index contributed by atoms with van der Waals surface area (Å²) < 4.78 is 8.34. The third-order valence-corrected chi connectivity index (χ3v) is 7.27. The number of aryl methyl sites for hydroxylation is 1. The number of carboxylic acid groups (broad SMARTS) is 1. The number of benzene rings is 3. The molecule has 0 bridgehead atoms. The Bertz CT molecular complexity index is 1650. The van der Waals surface area contributed by atoms with Crippen molar-refractivity contribution >= 4 is 33.5 Å². The molecule has 2 heterocycles. The fourth-order valence-electron chi connectivity index (χ4n) is 5.17. The number of rotatable bonds is 7. The lowest BCUT2D eigenvalue weighted by atomic mass is 9.93. The predicted molar refractivity (Wildman–Crippen MR) is 145 cm³/mol. The zero-order chi connectivity index (χ0) is 25.5. The standard InChI is InChI=1S/C30H28N4O3/c1-18-8-11-28(20(14-18)16-29(35)36)37-17-26-25-15-19(9-10-27(25)34(33-26)21-4-2-5-21)22-6-3-7-24-23(22)12-13-32-30(24)31/h3,6-15,21H,2,4-5,16-17H2,1H3,(H2,31,32)(H,35,36). The predicted octanol–water partition coefficient (Wildman–Crippen LogP) is 6.07. The monoisotopic (exact) mass is 492 g/mol. The van der Waals surface area contributed by atoms with E-state index in [0.29, 0.717) is 23.2 Å². The van der Waals surface area contributed by atoms with E-state index in [1.165, 1.54) is 6.42 Å². The second-order valence-corrected chi connectivity index (χ2v) is 9.78. The number of carbonyl (C=O) groups is 1. The lowest BCUT2D eigenvalue weighted by molar-refractivity contribution is -0.136. The van der Waals surface area contributed by atoms with Crippen molar-refractivity contribution in [3.8, 4) is 16.9 Å². The Hall–Kier alpha value is -4.39. The van der Waals surface area contributed by atoms with Gasteiger partial charge in [-0.3, -0.25) is 9.48 Å². The zero-order valence-electron chi connectivity index (χ0n) is 20.6.